The number of nitrogens with two attached hydrogens (primary N) is 1. The van der Waals surface area contributed by atoms with Gasteiger partial charge in [-0.2, -0.15) is 5.10 Å². The molecule has 0 fully saturated rings. The lowest BCUT2D eigenvalue weighted by molar-refractivity contribution is 0.220. The first-order valence-electron chi connectivity index (χ1n) is 4.25. The number of H-pyrrole nitrogens is 1. The van der Waals surface area contributed by atoms with E-state index in [4.69, 9.17) is 5.73 Å². The second-order valence-electron chi connectivity index (χ2n) is 3.08. The van der Waals surface area contributed by atoms with Crippen molar-refractivity contribution in [3.8, 4) is 0 Å². The molecule has 0 aromatic carbocycles. The predicted octanol–water partition coefficient (Wildman–Crippen LogP) is 0.608. The van der Waals surface area contributed by atoms with Crippen LogP contribution < -0.4 is 5.73 Å². The number of aromatic nitrogens is 3. The molecule has 78 valence electrons. The smallest absolute Gasteiger partial charge is 0.141 e. The van der Waals surface area contributed by atoms with E-state index in [1.165, 1.54) is 18.5 Å². The van der Waals surface area contributed by atoms with Crippen molar-refractivity contribution in [2.24, 2.45) is 0 Å². The number of nitrogens with zero attached hydrogens (tertiary/aromatic N) is 2. The van der Waals surface area contributed by atoms with Gasteiger partial charge >= 0.3 is 0 Å². The fourth-order valence-electron chi connectivity index (χ4n) is 1.28. The zero-order valence-electron chi connectivity index (χ0n) is 7.68. The molecule has 5 nitrogen and oxygen atoms in total. The normalized spacial score (nSPS) is 12.7. The summed E-state index contributed by atoms with van der Waals surface area (Å²) in [4.78, 5) is 3.64. The molecule has 1 atom stereocenters. The fraction of sp³-hybridized carbons (Fsp3) is 0.111. The van der Waals surface area contributed by atoms with E-state index in [0.717, 1.165) is 6.20 Å². The molecule has 0 aliphatic heterocycles. The van der Waals surface area contributed by atoms with Gasteiger partial charge in [0.15, 0.2) is 0 Å². The first-order chi connectivity index (χ1) is 7.18. The minimum atomic E-state index is -1.02. The van der Waals surface area contributed by atoms with E-state index in [9.17, 15) is 9.50 Å². The summed E-state index contributed by atoms with van der Waals surface area (Å²) in [6.07, 6.45) is 2.81. The Morgan fingerprint density at radius 3 is 2.80 bits per heavy atom. The molecule has 0 saturated carbocycles. The van der Waals surface area contributed by atoms with Gasteiger partial charge in [0.1, 0.15) is 17.7 Å². The summed E-state index contributed by atoms with van der Waals surface area (Å²) in [6, 6.07) is 1.20. The van der Waals surface area contributed by atoms with Gasteiger partial charge in [0, 0.05) is 17.3 Å². The first-order valence-corrected chi connectivity index (χ1v) is 4.25. The minimum absolute atomic E-state index is 0.256. The second kappa shape index (κ2) is 3.66. The first kappa shape index (κ1) is 9.60. The van der Waals surface area contributed by atoms with Gasteiger partial charge in [-0.25, -0.2) is 4.39 Å². The summed E-state index contributed by atoms with van der Waals surface area (Å²) in [5.41, 5.74) is 6.27. The van der Waals surface area contributed by atoms with Gasteiger partial charge in [-0.05, 0) is 6.07 Å². The van der Waals surface area contributed by atoms with Gasteiger partial charge in [0.05, 0.1) is 12.4 Å². The lowest BCUT2D eigenvalue weighted by atomic mass is 10.1. The molecule has 0 aliphatic rings. The van der Waals surface area contributed by atoms with Crippen LogP contribution in [-0.4, -0.2) is 20.3 Å². The molecule has 2 aromatic heterocycles. The topological polar surface area (TPSA) is 87.8 Å². The highest BCUT2D eigenvalue weighted by atomic mass is 19.1. The van der Waals surface area contributed by atoms with Crippen LogP contribution in [0.2, 0.25) is 0 Å². The fourth-order valence-corrected chi connectivity index (χ4v) is 1.28. The number of anilines is 1. The SMILES string of the molecule is Nc1[nH]ncc1C(O)c1cncc(F)c1. The minimum Gasteiger partial charge on any atom is -0.384 e. The van der Waals surface area contributed by atoms with Gasteiger partial charge in [0.2, 0.25) is 0 Å². The second-order valence-corrected chi connectivity index (χ2v) is 3.08. The van der Waals surface area contributed by atoms with Crippen LogP contribution in [0.25, 0.3) is 0 Å². The third kappa shape index (κ3) is 1.79. The van der Waals surface area contributed by atoms with E-state index in [1.54, 1.807) is 0 Å². The third-order valence-electron chi connectivity index (χ3n) is 2.04. The average Bonchev–Trinajstić information content (AvgIpc) is 2.63. The molecule has 2 rings (SSSR count). The van der Waals surface area contributed by atoms with Crippen molar-refractivity contribution in [3.05, 3.63) is 41.6 Å². The van der Waals surface area contributed by atoms with Gasteiger partial charge in [-0.1, -0.05) is 0 Å². The van der Waals surface area contributed by atoms with Crippen molar-refractivity contribution >= 4 is 5.82 Å². The van der Waals surface area contributed by atoms with Crippen molar-refractivity contribution in [1.82, 2.24) is 15.2 Å². The number of hydrogen-bond donors (Lipinski definition) is 3. The predicted molar refractivity (Wildman–Crippen MR) is 51.3 cm³/mol. The molecule has 0 amide bonds. The molecule has 0 spiro atoms. The van der Waals surface area contributed by atoms with Gasteiger partial charge in [-0.3, -0.25) is 10.1 Å². The highest BCUT2D eigenvalue weighted by Gasteiger charge is 2.15. The molecular weight excluding hydrogens is 199 g/mol. The van der Waals surface area contributed by atoms with Crippen molar-refractivity contribution < 1.29 is 9.50 Å². The van der Waals surface area contributed by atoms with E-state index >= 15 is 0 Å². The number of aliphatic hydroxyl groups is 1. The quantitative estimate of drug-likeness (QED) is 0.674. The Kier molecular flexibility index (Phi) is 2.34. The van der Waals surface area contributed by atoms with E-state index < -0.39 is 11.9 Å². The molecule has 15 heavy (non-hydrogen) atoms. The molecule has 4 N–H and O–H groups in total. The monoisotopic (exact) mass is 208 g/mol. The van der Waals surface area contributed by atoms with Gasteiger partial charge in [0.25, 0.3) is 0 Å². The van der Waals surface area contributed by atoms with Crippen molar-refractivity contribution in [3.63, 3.8) is 0 Å². The number of aliphatic hydroxyl groups excluding tert-OH is 1. The van der Waals surface area contributed by atoms with Crippen molar-refractivity contribution in [2.45, 2.75) is 6.10 Å². The number of pyridine rings is 1. The van der Waals surface area contributed by atoms with Crippen LogP contribution >= 0.6 is 0 Å². The number of aromatic amines is 1. The standard InChI is InChI=1S/C9H9FN4O/c10-6-1-5(2-12-3-6)8(15)7-4-13-14-9(7)11/h1-4,8,15H,(H3,11,13,14). The lowest BCUT2D eigenvalue weighted by Gasteiger charge is -2.08. The molecule has 2 aromatic rings. The summed E-state index contributed by atoms with van der Waals surface area (Å²) in [6.45, 7) is 0. The van der Waals surface area contributed by atoms with Crippen molar-refractivity contribution in [1.29, 1.82) is 0 Å². The Balaban J connectivity index is 2.36. The maximum absolute atomic E-state index is 12.8. The van der Waals surface area contributed by atoms with E-state index in [0.29, 0.717) is 11.1 Å². The zero-order valence-corrected chi connectivity index (χ0v) is 7.68. The average molecular weight is 208 g/mol. The molecule has 1 unspecified atom stereocenters. The molecule has 2 heterocycles. The lowest BCUT2D eigenvalue weighted by Crippen LogP contribution is -2.02. The number of nitrogens with one attached hydrogen (secondary N) is 1. The van der Waals surface area contributed by atoms with Crippen LogP contribution in [0.4, 0.5) is 10.2 Å². The summed E-state index contributed by atoms with van der Waals surface area (Å²) in [5.74, 6) is -0.250. The summed E-state index contributed by atoms with van der Waals surface area (Å²) < 4.78 is 12.8. The van der Waals surface area contributed by atoms with E-state index in [2.05, 4.69) is 15.2 Å². The Bertz CT molecular complexity index is 471. The summed E-state index contributed by atoms with van der Waals surface area (Å²) in [5, 5.41) is 16.0. The summed E-state index contributed by atoms with van der Waals surface area (Å²) >= 11 is 0. The van der Waals surface area contributed by atoms with Crippen LogP contribution in [0.3, 0.4) is 0 Å². The van der Waals surface area contributed by atoms with Crippen LogP contribution in [0.5, 0.6) is 0 Å². The van der Waals surface area contributed by atoms with Gasteiger partial charge in [-0.15, -0.1) is 0 Å². The van der Waals surface area contributed by atoms with Crippen LogP contribution in [0, 0.1) is 5.82 Å². The number of halogens is 1. The third-order valence-corrected chi connectivity index (χ3v) is 2.04. The molecule has 0 aliphatic carbocycles. The Morgan fingerprint density at radius 1 is 1.40 bits per heavy atom. The number of nitrogen functional groups attached to an aromatic ring is 1. The molecule has 6 heteroatoms. The molecule has 0 radical (unpaired) electrons. The van der Waals surface area contributed by atoms with Crippen LogP contribution in [-0.2, 0) is 0 Å². The molecular formula is C9H9FN4O. The molecule has 0 saturated heterocycles. The van der Waals surface area contributed by atoms with E-state index in [-0.39, 0.29) is 5.82 Å². The summed E-state index contributed by atoms with van der Waals surface area (Å²) in [7, 11) is 0. The number of hydrogen-bond acceptors (Lipinski definition) is 4. The molecule has 0 bridgehead atoms. The van der Waals surface area contributed by atoms with Crippen LogP contribution in [0.1, 0.15) is 17.2 Å². The highest BCUT2D eigenvalue weighted by Crippen LogP contribution is 2.24. The maximum atomic E-state index is 12.8. The van der Waals surface area contributed by atoms with Crippen molar-refractivity contribution in [2.75, 3.05) is 5.73 Å². The van der Waals surface area contributed by atoms with Gasteiger partial charge < -0.3 is 10.8 Å². The largest absolute Gasteiger partial charge is 0.384 e. The Morgan fingerprint density at radius 2 is 2.20 bits per heavy atom. The Labute approximate surface area is 84.8 Å². The highest BCUT2D eigenvalue weighted by molar-refractivity contribution is 5.42. The van der Waals surface area contributed by atoms with E-state index in [1.807, 2.05) is 0 Å². The number of rotatable bonds is 2. The maximum Gasteiger partial charge on any atom is 0.141 e. The Hall–Kier alpha value is -1.95. The van der Waals surface area contributed by atoms with Crippen LogP contribution in [0.15, 0.2) is 24.7 Å². The zero-order chi connectivity index (χ0) is 10.8.